The van der Waals surface area contributed by atoms with Crippen molar-refractivity contribution in [2.75, 3.05) is 7.11 Å². The molecule has 0 bridgehead atoms. The highest BCUT2D eigenvalue weighted by Crippen LogP contribution is 2.16. The predicted molar refractivity (Wildman–Crippen MR) is 34.8 cm³/mol. The van der Waals surface area contributed by atoms with E-state index in [0.29, 0.717) is 5.76 Å². The molecule has 3 nitrogen and oxygen atoms in total. The van der Waals surface area contributed by atoms with Gasteiger partial charge in [0.2, 0.25) is 6.29 Å². The van der Waals surface area contributed by atoms with E-state index in [2.05, 4.69) is 5.92 Å². The zero-order valence-electron chi connectivity index (χ0n) is 5.57. The van der Waals surface area contributed by atoms with Crippen LogP contribution in [0.25, 0.3) is 0 Å². The predicted octanol–water partition coefficient (Wildman–Crippen LogP) is -0.133. The Kier molecular flexibility index (Phi) is 1.95. The van der Waals surface area contributed by atoms with Crippen molar-refractivity contribution >= 4 is 0 Å². The van der Waals surface area contributed by atoms with Gasteiger partial charge < -0.3 is 14.6 Å². The van der Waals surface area contributed by atoms with E-state index in [1.54, 1.807) is 0 Å². The fourth-order valence-electron chi connectivity index (χ4n) is 0.737. The van der Waals surface area contributed by atoms with Crippen molar-refractivity contribution in [3.8, 4) is 12.3 Å². The maximum absolute atomic E-state index is 9.07. The summed E-state index contributed by atoms with van der Waals surface area (Å²) in [6.07, 6.45) is 5.07. The number of hydrogen-bond acceptors (Lipinski definition) is 3. The van der Waals surface area contributed by atoms with Gasteiger partial charge in [-0.05, 0) is 5.92 Å². The van der Waals surface area contributed by atoms with Crippen molar-refractivity contribution in [1.29, 1.82) is 0 Å². The lowest BCUT2D eigenvalue weighted by atomic mass is 10.3. The molecule has 0 saturated heterocycles. The van der Waals surface area contributed by atoms with Crippen molar-refractivity contribution in [3.05, 3.63) is 11.8 Å². The van der Waals surface area contributed by atoms with Crippen LogP contribution in [0.2, 0.25) is 0 Å². The van der Waals surface area contributed by atoms with Crippen LogP contribution in [0.5, 0.6) is 0 Å². The molecule has 0 radical (unpaired) electrons. The summed E-state index contributed by atoms with van der Waals surface area (Å²) >= 11 is 0. The molecule has 10 heavy (non-hydrogen) atoms. The van der Waals surface area contributed by atoms with E-state index < -0.39 is 12.4 Å². The summed E-state index contributed by atoms with van der Waals surface area (Å²) in [5.74, 6) is 2.59. The van der Waals surface area contributed by atoms with Crippen LogP contribution in [0.3, 0.4) is 0 Å². The normalized spacial score (nSPS) is 30.7. The third-order valence-corrected chi connectivity index (χ3v) is 1.22. The van der Waals surface area contributed by atoms with E-state index in [9.17, 15) is 0 Å². The number of hydrogen-bond donors (Lipinski definition) is 1. The minimum Gasteiger partial charge on any atom is -0.454 e. The lowest BCUT2D eigenvalue weighted by molar-refractivity contribution is -0.122. The number of ether oxygens (including phenoxy) is 2. The van der Waals surface area contributed by atoms with Gasteiger partial charge in [0.15, 0.2) is 5.76 Å². The highest BCUT2D eigenvalue weighted by atomic mass is 16.7. The Morgan fingerprint density at radius 3 is 2.90 bits per heavy atom. The molecule has 0 spiro atoms. The minimum atomic E-state index is -0.740. The summed E-state index contributed by atoms with van der Waals surface area (Å²) in [5, 5.41) is 9.07. The number of aliphatic hydroxyl groups is 1. The first-order chi connectivity index (χ1) is 4.77. The lowest BCUT2D eigenvalue weighted by Crippen LogP contribution is -2.22. The Morgan fingerprint density at radius 2 is 2.60 bits per heavy atom. The summed E-state index contributed by atoms with van der Waals surface area (Å²) in [7, 11) is 1.45. The van der Waals surface area contributed by atoms with Crippen LogP contribution in [0, 0.1) is 12.3 Å². The second kappa shape index (κ2) is 2.74. The maximum Gasteiger partial charge on any atom is 0.230 e. The van der Waals surface area contributed by atoms with Gasteiger partial charge in [0.1, 0.15) is 6.10 Å². The van der Waals surface area contributed by atoms with Gasteiger partial charge in [-0.15, -0.1) is 6.42 Å². The second-order valence-electron chi connectivity index (χ2n) is 1.89. The molecular weight excluding hydrogens is 132 g/mol. The van der Waals surface area contributed by atoms with E-state index in [4.69, 9.17) is 21.0 Å². The topological polar surface area (TPSA) is 38.7 Å². The van der Waals surface area contributed by atoms with Crippen LogP contribution in [0.1, 0.15) is 0 Å². The molecule has 1 rings (SSSR count). The molecule has 0 amide bonds. The van der Waals surface area contributed by atoms with Crippen LogP contribution in [0.15, 0.2) is 11.8 Å². The highest BCUT2D eigenvalue weighted by Gasteiger charge is 2.25. The van der Waals surface area contributed by atoms with Gasteiger partial charge in [-0.3, -0.25) is 0 Å². The van der Waals surface area contributed by atoms with Crippen molar-refractivity contribution in [1.82, 2.24) is 0 Å². The van der Waals surface area contributed by atoms with Gasteiger partial charge in [-0.1, -0.05) is 0 Å². The summed E-state index contributed by atoms with van der Waals surface area (Å²) in [6, 6.07) is 0. The minimum absolute atomic E-state index is 0.333. The molecule has 0 fully saturated rings. The monoisotopic (exact) mass is 140 g/mol. The smallest absolute Gasteiger partial charge is 0.230 e. The molecule has 0 saturated carbocycles. The number of aliphatic hydroxyl groups excluding tert-OH is 1. The summed E-state index contributed by atoms with van der Waals surface area (Å²) in [5.41, 5.74) is 0. The first kappa shape index (κ1) is 7.13. The molecular formula is C7H8O3. The van der Waals surface area contributed by atoms with Crippen LogP contribution in [-0.2, 0) is 9.47 Å². The molecule has 0 aromatic carbocycles. The molecule has 0 aromatic rings. The third kappa shape index (κ3) is 1.13. The third-order valence-electron chi connectivity index (χ3n) is 1.22. The van der Waals surface area contributed by atoms with Gasteiger partial charge in [-0.2, -0.15) is 0 Å². The SMILES string of the molecule is C#CC1=C[C@@H](O)[C@H](OC)O1. The summed E-state index contributed by atoms with van der Waals surface area (Å²) in [4.78, 5) is 0. The average molecular weight is 140 g/mol. The van der Waals surface area contributed by atoms with Crippen molar-refractivity contribution < 1.29 is 14.6 Å². The zero-order valence-corrected chi connectivity index (χ0v) is 5.57. The molecule has 0 unspecified atom stereocenters. The quantitative estimate of drug-likeness (QED) is 0.515. The molecule has 0 aliphatic carbocycles. The number of methoxy groups -OCH3 is 1. The lowest BCUT2D eigenvalue weighted by Gasteiger charge is -2.11. The average Bonchev–Trinajstić information content (AvgIpc) is 2.30. The van der Waals surface area contributed by atoms with Crippen LogP contribution in [0.4, 0.5) is 0 Å². The molecule has 3 heteroatoms. The van der Waals surface area contributed by atoms with Crippen molar-refractivity contribution in [3.63, 3.8) is 0 Å². The molecule has 54 valence electrons. The van der Waals surface area contributed by atoms with Crippen LogP contribution >= 0.6 is 0 Å². The first-order valence-electron chi connectivity index (χ1n) is 2.84. The van der Waals surface area contributed by atoms with E-state index in [1.807, 2.05) is 0 Å². The van der Waals surface area contributed by atoms with Gasteiger partial charge in [0.25, 0.3) is 0 Å². The molecule has 1 N–H and O–H groups in total. The van der Waals surface area contributed by atoms with Crippen molar-refractivity contribution in [2.24, 2.45) is 0 Å². The fourth-order valence-corrected chi connectivity index (χ4v) is 0.737. The maximum atomic E-state index is 9.07. The molecule has 0 aromatic heterocycles. The Labute approximate surface area is 59.3 Å². The standard InChI is InChI=1S/C7H8O3/c1-3-5-4-6(8)7(9-2)10-5/h1,4,6-8H,2H3/t6-,7-/m1/s1. The van der Waals surface area contributed by atoms with Crippen LogP contribution in [-0.4, -0.2) is 24.6 Å². The Balaban J connectivity index is 2.59. The van der Waals surface area contributed by atoms with Gasteiger partial charge >= 0.3 is 0 Å². The molecule has 2 atom stereocenters. The van der Waals surface area contributed by atoms with Crippen molar-refractivity contribution in [2.45, 2.75) is 12.4 Å². The Bertz CT molecular complexity index is 190. The molecule has 1 aliphatic heterocycles. The number of rotatable bonds is 1. The van der Waals surface area contributed by atoms with E-state index >= 15 is 0 Å². The molecule has 1 aliphatic rings. The van der Waals surface area contributed by atoms with E-state index in [0.717, 1.165) is 0 Å². The zero-order chi connectivity index (χ0) is 7.56. The Hall–Kier alpha value is -0.980. The van der Waals surface area contributed by atoms with Crippen LogP contribution < -0.4 is 0 Å². The Morgan fingerprint density at radius 1 is 1.90 bits per heavy atom. The van der Waals surface area contributed by atoms with Gasteiger partial charge in [-0.25, -0.2) is 0 Å². The molecule has 1 heterocycles. The largest absolute Gasteiger partial charge is 0.454 e. The number of terminal acetylenes is 1. The fraction of sp³-hybridized carbons (Fsp3) is 0.429. The van der Waals surface area contributed by atoms with Gasteiger partial charge in [0.05, 0.1) is 0 Å². The second-order valence-corrected chi connectivity index (χ2v) is 1.89. The van der Waals surface area contributed by atoms with Gasteiger partial charge in [0, 0.05) is 13.2 Å². The highest BCUT2D eigenvalue weighted by molar-refractivity contribution is 5.23. The summed E-state index contributed by atoms with van der Waals surface area (Å²) in [6.45, 7) is 0. The number of allylic oxidation sites excluding steroid dienone is 1. The van der Waals surface area contributed by atoms with E-state index in [-0.39, 0.29) is 0 Å². The summed E-state index contributed by atoms with van der Waals surface area (Å²) < 4.78 is 9.66. The van der Waals surface area contributed by atoms with E-state index in [1.165, 1.54) is 13.2 Å². The first-order valence-corrected chi connectivity index (χ1v) is 2.84.